The molecule has 1 saturated heterocycles. The van der Waals surface area contributed by atoms with Crippen LogP contribution in [0.1, 0.15) is 44.1 Å². The molecule has 2 fully saturated rings. The Morgan fingerprint density at radius 1 is 1.35 bits per heavy atom. The lowest BCUT2D eigenvalue weighted by atomic mass is 9.98. The summed E-state index contributed by atoms with van der Waals surface area (Å²) < 4.78 is 7.22. The highest BCUT2D eigenvalue weighted by atomic mass is 79.9. The highest BCUT2D eigenvalue weighted by molar-refractivity contribution is 9.10. The van der Waals surface area contributed by atoms with Gasteiger partial charge in [-0.15, -0.1) is 0 Å². The third-order valence-electron chi connectivity index (χ3n) is 4.47. The van der Waals surface area contributed by atoms with E-state index in [1.807, 2.05) is 18.2 Å². The van der Waals surface area contributed by atoms with Gasteiger partial charge in [0.2, 0.25) is 0 Å². The minimum atomic E-state index is 0.203. The van der Waals surface area contributed by atoms with E-state index in [0.29, 0.717) is 11.7 Å². The molecule has 1 atom stereocenters. The number of halogens is 1. The lowest BCUT2D eigenvalue weighted by Crippen LogP contribution is -2.27. The minimum absolute atomic E-state index is 0.203. The van der Waals surface area contributed by atoms with Crippen molar-refractivity contribution in [3.05, 3.63) is 28.2 Å². The molecule has 2 aliphatic rings. The molecule has 1 unspecified atom stereocenters. The maximum absolute atomic E-state index is 8.86. The molecule has 0 amide bonds. The fourth-order valence-electron chi connectivity index (χ4n) is 3.38. The van der Waals surface area contributed by atoms with Gasteiger partial charge in [-0.3, -0.25) is 0 Å². The molecule has 1 N–H and O–H groups in total. The first-order chi connectivity index (χ1) is 9.71. The van der Waals surface area contributed by atoms with Crippen LogP contribution in [0, 0.1) is 11.3 Å². The number of hydrogen-bond acceptors (Lipinski definition) is 3. The van der Waals surface area contributed by atoms with Crippen molar-refractivity contribution in [2.45, 2.75) is 50.2 Å². The fourth-order valence-corrected chi connectivity index (χ4v) is 3.90. The summed E-state index contributed by atoms with van der Waals surface area (Å²) in [7, 11) is 0. The predicted molar refractivity (Wildman–Crippen MR) is 82.7 cm³/mol. The molecule has 1 saturated carbocycles. The molecule has 0 radical (unpaired) electrons. The van der Waals surface area contributed by atoms with E-state index in [0.717, 1.165) is 23.1 Å². The van der Waals surface area contributed by atoms with Gasteiger partial charge in [0, 0.05) is 16.7 Å². The second kappa shape index (κ2) is 5.75. The lowest BCUT2D eigenvalue weighted by Gasteiger charge is -2.24. The smallest absolute Gasteiger partial charge is 0.0992 e. The lowest BCUT2D eigenvalue weighted by molar-refractivity contribution is -0.0307. The Morgan fingerprint density at radius 2 is 2.15 bits per heavy atom. The van der Waals surface area contributed by atoms with Gasteiger partial charge in [0.1, 0.15) is 0 Å². The summed E-state index contributed by atoms with van der Waals surface area (Å²) in [6, 6.07) is 7.77. The standard InChI is InChI=1S/C16H19BrN2O/c17-14-9-12(10-18)3-4-15(14)19-11-13-5-8-16(20-13)6-1-2-7-16/h3-4,9,13,19H,1-2,5-8,11H2. The monoisotopic (exact) mass is 334 g/mol. The summed E-state index contributed by atoms with van der Waals surface area (Å²) in [6.45, 7) is 0.840. The van der Waals surface area contributed by atoms with E-state index in [4.69, 9.17) is 10.00 Å². The number of benzene rings is 1. The molecule has 106 valence electrons. The maximum atomic E-state index is 8.86. The summed E-state index contributed by atoms with van der Waals surface area (Å²) in [5.74, 6) is 0. The Bertz CT molecular complexity index is 532. The van der Waals surface area contributed by atoms with Crippen LogP contribution in [0.5, 0.6) is 0 Å². The number of rotatable bonds is 3. The Balaban J connectivity index is 1.57. The van der Waals surface area contributed by atoms with Gasteiger partial charge < -0.3 is 10.1 Å². The van der Waals surface area contributed by atoms with Gasteiger partial charge in [0.25, 0.3) is 0 Å². The number of nitrogens with zero attached hydrogens (tertiary/aromatic N) is 1. The summed E-state index contributed by atoms with van der Waals surface area (Å²) in [5.41, 5.74) is 1.90. The summed E-state index contributed by atoms with van der Waals surface area (Å²) in [6.07, 6.45) is 7.81. The molecule has 1 aliphatic carbocycles. The quantitative estimate of drug-likeness (QED) is 0.899. The van der Waals surface area contributed by atoms with Crippen LogP contribution in [0.25, 0.3) is 0 Å². The zero-order chi connectivity index (χ0) is 14.0. The summed E-state index contributed by atoms with van der Waals surface area (Å²) >= 11 is 3.50. The molecule has 3 rings (SSSR count). The topological polar surface area (TPSA) is 45.0 Å². The zero-order valence-electron chi connectivity index (χ0n) is 11.5. The second-order valence-corrected chi connectivity index (χ2v) is 6.71. The van der Waals surface area contributed by atoms with Crippen molar-refractivity contribution in [3.8, 4) is 6.07 Å². The van der Waals surface area contributed by atoms with E-state index in [1.165, 1.54) is 32.1 Å². The fraction of sp³-hybridized carbons (Fsp3) is 0.562. The molecule has 3 nitrogen and oxygen atoms in total. The molecule has 1 heterocycles. The first-order valence-corrected chi connectivity index (χ1v) is 8.11. The first-order valence-electron chi connectivity index (χ1n) is 7.32. The van der Waals surface area contributed by atoms with E-state index in [1.54, 1.807) is 0 Å². The highest BCUT2D eigenvalue weighted by Crippen LogP contribution is 2.43. The van der Waals surface area contributed by atoms with Crippen LogP contribution in [0.3, 0.4) is 0 Å². The zero-order valence-corrected chi connectivity index (χ0v) is 13.1. The van der Waals surface area contributed by atoms with Gasteiger partial charge in [0.05, 0.1) is 23.3 Å². The first kappa shape index (κ1) is 13.9. The van der Waals surface area contributed by atoms with Gasteiger partial charge >= 0.3 is 0 Å². The third-order valence-corrected chi connectivity index (χ3v) is 5.13. The number of anilines is 1. The molecular weight excluding hydrogens is 316 g/mol. The molecule has 1 spiro atoms. The van der Waals surface area contributed by atoms with E-state index >= 15 is 0 Å². The molecular formula is C16H19BrN2O. The van der Waals surface area contributed by atoms with Crippen molar-refractivity contribution >= 4 is 21.6 Å². The van der Waals surface area contributed by atoms with Crippen LogP contribution in [0.4, 0.5) is 5.69 Å². The van der Waals surface area contributed by atoms with Crippen LogP contribution >= 0.6 is 15.9 Å². The van der Waals surface area contributed by atoms with Gasteiger partial charge in [-0.05, 0) is 59.8 Å². The number of nitriles is 1. The molecule has 20 heavy (non-hydrogen) atoms. The van der Waals surface area contributed by atoms with Crippen molar-refractivity contribution in [2.24, 2.45) is 0 Å². The average molecular weight is 335 g/mol. The summed E-state index contributed by atoms with van der Waals surface area (Å²) in [4.78, 5) is 0. The molecule has 0 aromatic heterocycles. The Morgan fingerprint density at radius 3 is 2.85 bits per heavy atom. The van der Waals surface area contributed by atoms with Crippen molar-refractivity contribution < 1.29 is 4.74 Å². The average Bonchev–Trinajstić information content (AvgIpc) is 3.08. The third kappa shape index (κ3) is 2.84. The van der Waals surface area contributed by atoms with E-state index in [-0.39, 0.29) is 5.60 Å². The van der Waals surface area contributed by atoms with Crippen molar-refractivity contribution in [2.75, 3.05) is 11.9 Å². The van der Waals surface area contributed by atoms with Crippen molar-refractivity contribution in [1.29, 1.82) is 5.26 Å². The second-order valence-electron chi connectivity index (χ2n) is 5.86. The number of nitrogens with one attached hydrogen (secondary N) is 1. The largest absolute Gasteiger partial charge is 0.382 e. The minimum Gasteiger partial charge on any atom is -0.382 e. The van der Waals surface area contributed by atoms with Crippen molar-refractivity contribution in [1.82, 2.24) is 0 Å². The van der Waals surface area contributed by atoms with Gasteiger partial charge in [-0.1, -0.05) is 12.8 Å². The predicted octanol–water partition coefficient (Wildman–Crippen LogP) is 4.22. The molecule has 1 aliphatic heterocycles. The van der Waals surface area contributed by atoms with Crippen LogP contribution in [0.2, 0.25) is 0 Å². The van der Waals surface area contributed by atoms with E-state index in [2.05, 4.69) is 27.3 Å². The van der Waals surface area contributed by atoms with Gasteiger partial charge in [-0.2, -0.15) is 5.26 Å². The SMILES string of the molecule is N#Cc1ccc(NCC2CCC3(CCCC3)O2)c(Br)c1. The molecule has 4 heteroatoms. The van der Waals surface area contributed by atoms with E-state index < -0.39 is 0 Å². The maximum Gasteiger partial charge on any atom is 0.0992 e. The van der Waals surface area contributed by atoms with Crippen LogP contribution in [-0.2, 0) is 4.74 Å². The molecule has 1 aromatic carbocycles. The van der Waals surface area contributed by atoms with Gasteiger partial charge in [-0.25, -0.2) is 0 Å². The Hall–Kier alpha value is -1.05. The Labute approximate surface area is 128 Å². The van der Waals surface area contributed by atoms with Crippen LogP contribution in [-0.4, -0.2) is 18.2 Å². The van der Waals surface area contributed by atoms with Crippen molar-refractivity contribution in [3.63, 3.8) is 0 Å². The highest BCUT2D eigenvalue weighted by Gasteiger charge is 2.41. The van der Waals surface area contributed by atoms with Crippen LogP contribution in [0.15, 0.2) is 22.7 Å². The van der Waals surface area contributed by atoms with Gasteiger partial charge in [0.15, 0.2) is 0 Å². The number of ether oxygens (including phenoxy) is 1. The van der Waals surface area contributed by atoms with E-state index in [9.17, 15) is 0 Å². The normalized spacial score (nSPS) is 23.9. The summed E-state index contributed by atoms with van der Waals surface area (Å²) in [5, 5.41) is 12.3. The van der Waals surface area contributed by atoms with Crippen LogP contribution < -0.4 is 5.32 Å². The Kier molecular flexibility index (Phi) is 4.00. The molecule has 1 aromatic rings. The number of hydrogen-bond donors (Lipinski definition) is 1. The molecule has 0 bridgehead atoms.